The predicted molar refractivity (Wildman–Crippen MR) is 70.6 cm³/mol. The molecule has 1 aromatic carbocycles. The molecule has 1 saturated carbocycles. The quantitative estimate of drug-likeness (QED) is 0.707. The van der Waals surface area contributed by atoms with Crippen LogP contribution in [0.25, 0.3) is 0 Å². The lowest BCUT2D eigenvalue weighted by molar-refractivity contribution is -0.122. The molecule has 3 N–H and O–H groups in total. The van der Waals surface area contributed by atoms with Gasteiger partial charge in [0.15, 0.2) is 0 Å². The van der Waals surface area contributed by atoms with E-state index < -0.39 is 0 Å². The third-order valence-electron chi connectivity index (χ3n) is 2.96. The highest BCUT2D eigenvalue weighted by molar-refractivity contribution is 5.81. The fraction of sp³-hybridized carbons (Fsp3) is 0.429. The van der Waals surface area contributed by atoms with E-state index in [1.54, 1.807) is 24.3 Å². The van der Waals surface area contributed by atoms with E-state index in [1.807, 2.05) is 0 Å². The topological polar surface area (TPSA) is 78.4 Å². The molecule has 1 aliphatic rings. The molecule has 0 saturated heterocycles. The van der Waals surface area contributed by atoms with Crippen LogP contribution in [0.5, 0.6) is 5.75 Å². The maximum absolute atomic E-state index is 11.6. The average molecular weight is 262 g/mol. The van der Waals surface area contributed by atoms with Crippen LogP contribution in [0.1, 0.15) is 24.8 Å². The lowest BCUT2D eigenvalue weighted by Gasteiger charge is -2.07. The van der Waals surface area contributed by atoms with E-state index in [9.17, 15) is 14.7 Å². The highest BCUT2D eigenvalue weighted by Gasteiger charge is 2.22. The maximum Gasteiger partial charge on any atom is 0.224 e. The Bertz CT molecular complexity index is 470. The Hall–Kier alpha value is -2.04. The summed E-state index contributed by atoms with van der Waals surface area (Å²) >= 11 is 0. The van der Waals surface area contributed by atoms with Gasteiger partial charge in [0.05, 0.1) is 6.42 Å². The normalized spacial score (nSPS) is 13.9. The van der Waals surface area contributed by atoms with E-state index in [0.717, 1.165) is 12.8 Å². The van der Waals surface area contributed by atoms with Gasteiger partial charge in [0.2, 0.25) is 11.8 Å². The van der Waals surface area contributed by atoms with E-state index in [1.165, 1.54) is 0 Å². The molecule has 0 bridgehead atoms. The zero-order chi connectivity index (χ0) is 13.7. The Morgan fingerprint density at radius 1 is 1.21 bits per heavy atom. The van der Waals surface area contributed by atoms with Gasteiger partial charge < -0.3 is 15.7 Å². The number of amides is 2. The van der Waals surface area contributed by atoms with Crippen LogP contribution < -0.4 is 10.6 Å². The fourth-order valence-corrected chi connectivity index (χ4v) is 1.74. The number of phenolic OH excluding ortho intramolecular Hbond substituents is 1. The van der Waals surface area contributed by atoms with Crippen LogP contribution in [-0.2, 0) is 16.0 Å². The summed E-state index contributed by atoms with van der Waals surface area (Å²) in [6.45, 7) is 0.324. The third-order valence-corrected chi connectivity index (χ3v) is 2.96. The predicted octanol–water partition coefficient (Wildman–Crippen LogP) is 0.720. The molecule has 19 heavy (non-hydrogen) atoms. The van der Waals surface area contributed by atoms with Gasteiger partial charge in [0, 0.05) is 24.6 Å². The van der Waals surface area contributed by atoms with Crippen molar-refractivity contribution in [3.63, 3.8) is 0 Å². The number of hydrogen-bond acceptors (Lipinski definition) is 3. The van der Waals surface area contributed by atoms with Gasteiger partial charge in [-0.15, -0.1) is 0 Å². The number of aromatic hydroxyl groups is 1. The molecule has 0 spiro atoms. The second kappa shape index (κ2) is 6.22. The molecular formula is C14H18N2O3. The number of hydrogen-bond donors (Lipinski definition) is 3. The highest BCUT2D eigenvalue weighted by Crippen LogP contribution is 2.18. The van der Waals surface area contributed by atoms with E-state index in [2.05, 4.69) is 10.6 Å². The van der Waals surface area contributed by atoms with Gasteiger partial charge in [-0.1, -0.05) is 18.2 Å². The van der Waals surface area contributed by atoms with Gasteiger partial charge in [-0.25, -0.2) is 0 Å². The molecule has 0 radical (unpaired) electrons. The second-order valence-corrected chi connectivity index (χ2v) is 4.75. The van der Waals surface area contributed by atoms with Crippen LogP contribution in [0.2, 0.25) is 0 Å². The number of benzene rings is 1. The van der Waals surface area contributed by atoms with Crippen molar-refractivity contribution in [2.24, 2.45) is 0 Å². The van der Waals surface area contributed by atoms with Crippen molar-refractivity contribution in [3.8, 4) is 5.75 Å². The van der Waals surface area contributed by atoms with Crippen molar-refractivity contribution in [3.05, 3.63) is 29.8 Å². The van der Waals surface area contributed by atoms with Crippen molar-refractivity contribution in [2.45, 2.75) is 31.7 Å². The number of rotatable bonds is 6. The largest absolute Gasteiger partial charge is 0.508 e. The Balaban J connectivity index is 1.66. The Kier molecular flexibility index (Phi) is 4.39. The molecule has 0 heterocycles. The maximum atomic E-state index is 11.6. The summed E-state index contributed by atoms with van der Waals surface area (Å²) < 4.78 is 0. The molecule has 0 aliphatic heterocycles. The van der Waals surface area contributed by atoms with Crippen molar-refractivity contribution in [1.29, 1.82) is 0 Å². The molecule has 1 aromatic rings. The van der Waals surface area contributed by atoms with E-state index in [4.69, 9.17) is 0 Å². The number of phenols is 1. The van der Waals surface area contributed by atoms with E-state index in [0.29, 0.717) is 24.6 Å². The minimum atomic E-state index is -0.194. The molecule has 1 aliphatic carbocycles. The van der Waals surface area contributed by atoms with Gasteiger partial charge in [-0.3, -0.25) is 9.59 Å². The van der Waals surface area contributed by atoms with Gasteiger partial charge in [0.25, 0.3) is 0 Å². The van der Waals surface area contributed by atoms with Crippen LogP contribution in [0.4, 0.5) is 0 Å². The smallest absolute Gasteiger partial charge is 0.224 e. The van der Waals surface area contributed by atoms with Gasteiger partial charge >= 0.3 is 0 Å². The van der Waals surface area contributed by atoms with Crippen molar-refractivity contribution in [1.82, 2.24) is 10.6 Å². The fourth-order valence-electron chi connectivity index (χ4n) is 1.74. The number of para-hydroxylation sites is 1. The van der Waals surface area contributed by atoms with Gasteiger partial charge in [-0.05, 0) is 18.9 Å². The first-order valence-corrected chi connectivity index (χ1v) is 6.48. The summed E-state index contributed by atoms with van der Waals surface area (Å²) in [5.74, 6) is -0.102. The minimum absolute atomic E-state index is 0.0228. The van der Waals surface area contributed by atoms with Crippen molar-refractivity contribution >= 4 is 11.8 Å². The summed E-state index contributed by atoms with van der Waals surface area (Å²) in [6.07, 6.45) is 2.54. The first-order chi connectivity index (χ1) is 9.15. The summed E-state index contributed by atoms with van der Waals surface area (Å²) in [4.78, 5) is 23.0. The molecule has 2 rings (SSSR count). The van der Waals surface area contributed by atoms with Crippen molar-refractivity contribution < 1.29 is 14.7 Å². The van der Waals surface area contributed by atoms with Crippen LogP contribution in [-0.4, -0.2) is 29.5 Å². The molecular weight excluding hydrogens is 244 g/mol. The van der Waals surface area contributed by atoms with Crippen LogP contribution >= 0.6 is 0 Å². The minimum Gasteiger partial charge on any atom is -0.508 e. The number of carbonyl (C=O) groups excluding carboxylic acids is 2. The zero-order valence-corrected chi connectivity index (χ0v) is 10.7. The molecule has 0 aromatic heterocycles. The Morgan fingerprint density at radius 3 is 2.63 bits per heavy atom. The molecule has 1 fully saturated rings. The van der Waals surface area contributed by atoms with Gasteiger partial charge in [-0.2, -0.15) is 0 Å². The Labute approximate surface area is 112 Å². The van der Waals surface area contributed by atoms with Crippen LogP contribution in [0.3, 0.4) is 0 Å². The summed E-state index contributed by atoms with van der Waals surface area (Å²) in [7, 11) is 0. The molecule has 5 heteroatoms. The molecule has 2 amide bonds. The third kappa shape index (κ3) is 4.62. The van der Waals surface area contributed by atoms with E-state index in [-0.39, 0.29) is 24.0 Å². The lowest BCUT2D eigenvalue weighted by Crippen LogP contribution is -2.32. The number of nitrogens with one attached hydrogen (secondary N) is 2. The van der Waals surface area contributed by atoms with Crippen molar-refractivity contribution in [2.75, 3.05) is 6.54 Å². The van der Waals surface area contributed by atoms with Crippen LogP contribution in [0.15, 0.2) is 24.3 Å². The summed E-state index contributed by atoms with van der Waals surface area (Å²) in [5.41, 5.74) is 0.586. The van der Waals surface area contributed by atoms with E-state index >= 15 is 0 Å². The van der Waals surface area contributed by atoms with Crippen LogP contribution in [0, 0.1) is 0 Å². The SMILES string of the molecule is O=C(Cc1ccccc1O)NCCC(=O)NC1CC1. The zero-order valence-electron chi connectivity index (χ0n) is 10.7. The Morgan fingerprint density at radius 2 is 1.95 bits per heavy atom. The molecule has 0 unspecified atom stereocenters. The lowest BCUT2D eigenvalue weighted by atomic mass is 10.1. The standard InChI is InChI=1S/C14H18N2O3/c17-12-4-2-1-3-10(12)9-14(19)15-8-7-13(18)16-11-5-6-11/h1-4,11,17H,5-9H2,(H,15,19)(H,16,18). The monoisotopic (exact) mass is 262 g/mol. The molecule has 5 nitrogen and oxygen atoms in total. The first-order valence-electron chi connectivity index (χ1n) is 6.48. The highest BCUT2D eigenvalue weighted by atomic mass is 16.3. The summed E-state index contributed by atoms with van der Waals surface area (Å²) in [5, 5.41) is 15.1. The number of carbonyl (C=O) groups is 2. The average Bonchev–Trinajstić information content (AvgIpc) is 3.16. The molecule has 0 atom stereocenters. The first kappa shape index (κ1) is 13.4. The molecule has 102 valence electrons. The van der Waals surface area contributed by atoms with Gasteiger partial charge in [0.1, 0.15) is 5.75 Å². The summed E-state index contributed by atoms with van der Waals surface area (Å²) in [6, 6.07) is 7.08. The second-order valence-electron chi connectivity index (χ2n) is 4.75.